The van der Waals surface area contributed by atoms with E-state index in [1.54, 1.807) is 0 Å². The van der Waals surface area contributed by atoms with Crippen LogP contribution in [0.15, 0.2) is 5.38 Å². The van der Waals surface area contributed by atoms with E-state index < -0.39 is 0 Å². The lowest BCUT2D eigenvalue weighted by atomic mass is 10.6. The Hall–Kier alpha value is -1.10. The van der Waals surface area contributed by atoms with Gasteiger partial charge in [0.25, 0.3) is 5.91 Å². The lowest BCUT2D eigenvalue weighted by molar-refractivity contribution is 0.0962. The quantitative estimate of drug-likeness (QED) is 0.614. The van der Waals surface area contributed by atoms with Gasteiger partial charge in [0.05, 0.1) is 5.38 Å². The fraction of sp³-hybridized carbons (Fsp3) is 0.200. The molecule has 0 aliphatic heterocycles. The highest BCUT2D eigenvalue weighted by Crippen LogP contribution is 2.13. The Morgan fingerprint density at radius 1 is 1.90 bits per heavy atom. The van der Waals surface area contributed by atoms with Gasteiger partial charge in [0.2, 0.25) is 5.88 Å². The number of aromatic nitrogens is 1. The molecule has 1 aromatic rings. The zero-order chi connectivity index (χ0) is 7.56. The summed E-state index contributed by atoms with van der Waals surface area (Å²) in [6, 6.07) is 0. The molecule has 0 saturated carbocycles. The average Bonchev–Trinajstić information content (AvgIpc) is 2.34. The highest BCUT2D eigenvalue weighted by Gasteiger charge is 2.06. The molecule has 1 rings (SSSR count). The number of carbonyl (C=O) groups is 1. The first kappa shape index (κ1) is 7.01. The third-order valence-corrected chi connectivity index (χ3v) is 1.74. The topological polar surface area (TPSA) is 62.2 Å². The Labute approximate surface area is 61.5 Å². The molecule has 0 spiro atoms. The molecule has 54 valence electrons. The van der Waals surface area contributed by atoms with Crippen LogP contribution in [0.2, 0.25) is 0 Å². The fourth-order valence-corrected chi connectivity index (χ4v) is 1.10. The molecule has 0 bridgehead atoms. The average molecular weight is 158 g/mol. The van der Waals surface area contributed by atoms with Crippen molar-refractivity contribution in [1.29, 1.82) is 0 Å². The molecule has 1 amide bonds. The van der Waals surface area contributed by atoms with Crippen molar-refractivity contribution in [3.8, 4) is 5.88 Å². The van der Waals surface area contributed by atoms with Crippen molar-refractivity contribution in [2.24, 2.45) is 0 Å². The molecule has 0 aliphatic carbocycles. The number of hydrogen-bond donors (Lipinski definition) is 2. The van der Waals surface area contributed by atoms with Crippen molar-refractivity contribution < 1.29 is 9.90 Å². The standard InChI is InChI=1S/C5H6N2O2S/c1-6-4(9)5-7-3(8)2-10-5/h2,8H,1H3,(H,6,9). The number of amides is 1. The number of rotatable bonds is 1. The molecular weight excluding hydrogens is 152 g/mol. The summed E-state index contributed by atoms with van der Waals surface area (Å²) in [7, 11) is 1.51. The number of nitrogens with zero attached hydrogens (tertiary/aromatic N) is 1. The van der Waals surface area contributed by atoms with Gasteiger partial charge in [0.15, 0.2) is 5.01 Å². The van der Waals surface area contributed by atoms with Crippen molar-refractivity contribution >= 4 is 17.2 Å². The summed E-state index contributed by atoms with van der Waals surface area (Å²) >= 11 is 1.11. The maximum absolute atomic E-state index is 10.8. The molecule has 0 unspecified atom stereocenters. The highest BCUT2D eigenvalue weighted by atomic mass is 32.1. The number of hydrogen-bond acceptors (Lipinski definition) is 4. The van der Waals surface area contributed by atoms with Crippen molar-refractivity contribution in [1.82, 2.24) is 10.3 Å². The van der Waals surface area contributed by atoms with Crippen LogP contribution in [0.25, 0.3) is 0 Å². The smallest absolute Gasteiger partial charge is 0.280 e. The normalized spacial score (nSPS) is 9.30. The van der Waals surface area contributed by atoms with E-state index in [4.69, 9.17) is 5.11 Å². The summed E-state index contributed by atoms with van der Waals surface area (Å²) < 4.78 is 0. The zero-order valence-electron chi connectivity index (χ0n) is 5.29. The predicted molar refractivity (Wildman–Crippen MR) is 37.2 cm³/mol. The SMILES string of the molecule is CNC(=O)c1nc(O)cs1. The first-order valence-electron chi connectivity index (χ1n) is 2.60. The monoisotopic (exact) mass is 158 g/mol. The van der Waals surface area contributed by atoms with Crippen LogP contribution >= 0.6 is 11.3 Å². The summed E-state index contributed by atoms with van der Waals surface area (Å²) in [4.78, 5) is 14.3. The third-order valence-electron chi connectivity index (χ3n) is 0.913. The van der Waals surface area contributed by atoms with E-state index in [0.717, 1.165) is 11.3 Å². The first-order chi connectivity index (χ1) is 4.74. The molecule has 1 heterocycles. The molecule has 0 fully saturated rings. The van der Waals surface area contributed by atoms with Crippen molar-refractivity contribution in [2.75, 3.05) is 7.05 Å². The second-order valence-electron chi connectivity index (χ2n) is 1.59. The van der Waals surface area contributed by atoms with Gasteiger partial charge < -0.3 is 10.4 Å². The third kappa shape index (κ3) is 1.24. The minimum absolute atomic E-state index is 0.108. The van der Waals surface area contributed by atoms with Crippen LogP contribution in [0.1, 0.15) is 9.80 Å². The largest absolute Gasteiger partial charge is 0.493 e. The minimum atomic E-state index is -0.273. The van der Waals surface area contributed by atoms with Crippen LogP contribution in [0, 0.1) is 0 Å². The Bertz CT molecular complexity index is 246. The Morgan fingerprint density at radius 3 is 3.00 bits per heavy atom. The molecule has 0 radical (unpaired) electrons. The molecule has 2 N–H and O–H groups in total. The van der Waals surface area contributed by atoms with Gasteiger partial charge in [-0.2, -0.15) is 4.98 Å². The summed E-state index contributed by atoms with van der Waals surface area (Å²) in [6.07, 6.45) is 0. The number of nitrogens with one attached hydrogen (secondary N) is 1. The van der Waals surface area contributed by atoms with Gasteiger partial charge >= 0.3 is 0 Å². The second-order valence-corrected chi connectivity index (χ2v) is 2.45. The first-order valence-corrected chi connectivity index (χ1v) is 3.48. The molecule has 1 aromatic heterocycles. The lowest BCUT2D eigenvalue weighted by Crippen LogP contribution is -2.17. The Balaban J connectivity index is 2.85. The highest BCUT2D eigenvalue weighted by molar-refractivity contribution is 7.11. The Kier molecular flexibility index (Phi) is 1.86. The van der Waals surface area contributed by atoms with E-state index in [2.05, 4.69) is 10.3 Å². The van der Waals surface area contributed by atoms with E-state index in [1.807, 2.05) is 0 Å². The van der Waals surface area contributed by atoms with Crippen LogP contribution in [0.5, 0.6) is 5.88 Å². The van der Waals surface area contributed by atoms with Gasteiger partial charge in [0.1, 0.15) is 0 Å². The van der Waals surface area contributed by atoms with E-state index in [0.29, 0.717) is 0 Å². The van der Waals surface area contributed by atoms with Crippen molar-refractivity contribution in [3.63, 3.8) is 0 Å². The minimum Gasteiger partial charge on any atom is -0.493 e. The van der Waals surface area contributed by atoms with Crippen LogP contribution in [0.4, 0.5) is 0 Å². The molecule has 10 heavy (non-hydrogen) atoms. The lowest BCUT2D eigenvalue weighted by Gasteiger charge is -1.89. The molecule has 0 aliphatic rings. The molecular formula is C5H6N2O2S. The molecule has 0 atom stereocenters. The van der Waals surface area contributed by atoms with Crippen LogP contribution in [-0.4, -0.2) is 23.0 Å². The van der Waals surface area contributed by atoms with Crippen LogP contribution in [-0.2, 0) is 0 Å². The van der Waals surface area contributed by atoms with E-state index in [-0.39, 0.29) is 16.8 Å². The Morgan fingerprint density at radius 2 is 2.60 bits per heavy atom. The predicted octanol–water partition coefficient (Wildman–Crippen LogP) is 0.208. The molecule has 0 aromatic carbocycles. The summed E-state index contributed by atoms with van der Waals surface area (Å²) in [5.74, 6) is -0.381. The van der Waals surface area contributed by atoms with E-state index in [9.17, 15) is 4.79 Å². The van der Waals surface area contributed by atoms with Gasteiger partial charge in [-0.3, -0.25) is 4.79 Å². The molecule has 4 nitrogen and oxygen atoms in total. The fourth-order valence-electron chi connectivity index (χ4n) is 0.476. The van der Waals surface area contributed by atoms with Gasteiger partial charge in [-0.1, -0.05) is 0 Å². The van der Waals surface area contributed by atoms with Gasteiger partial charge in [-0.25, -0.2) is 0 Å². The maximum Gasteiger partial charge on any atom is 0.280 e. The van der Waals surface area contributed by atoms with Gasteiger partial charge in [-0.05, 0) is 0 Å². The zero-order valence-corrected chi connectivity index (χ0v) is 6.10. The van der Waals surface area contributed by atoms with Crippen molar-refractivity contribution in [2.45, 2.75) is 0 Å². The van der Waals surface area contributed by atoms with Crippen LogP contribution in [0.3, 0.4) is 0 Å². The maximum atomic E-state index is 10.8. The summed E-state index contributed by atoms with van der Waals surface area (Å²) in [6.45, 7) is 0. The molecule has 0 saturated heterocycles. The van der Waals surface area contributed by atoms with Crippen LogP contribution < -0.4 is 5.32 Å². The van der Waals surface area contributed by atoms with Gasteiger partial charge in [-0.15, -0.1) is 11.3 Å². The second kappa shape index (κ2) is 2.66. The number of aromatic hydroxyl groups is 1. The molecule has 5 heteroatoms. The summed E-state index contributed by atoms with van der Waals surface area (Å²) in [5.41, 5.74) is 0. The summed E-state index contributed by atoms with van der Waals surface area (Å²) in [5, 5.41) is 12.8. The van der Waals surface area contributed by atoms with E-state index in [1.165, 1.54) is 12.4 Å². The van der Waals surface area contributed by atoms with Crippen molar-refractivity contribution in [3.05, 3.63) is 10.4 Å². The number of thiazole rings is 1. The van der Waals surface area contributed by atoms with E-state index >= 15 is 0 Å². The number of carbonyl (C=O) groups excluding carboxylic acids is 1. The van der Waals surface area contributed by atoms with Gasteiger partial charge in [0, 0.05) is 7.05 Å².